The Kier molecular flexibility index (Phi) is 4.60. The van der Waals surface area contributed by atoms with Crippen LogP contribution in [0.2, 0.25) is 0 Å². The van der Waals surface area contributed by atoms with Gasteiger partial charge in [-0.2, -0.15) is 5.10 Å². The Balaban J connectivity index is 1.82. The van der Waals surface area contributed by atoms with Gasteiger partial charge in [-0.05, 0) is 24.8 Å². The molecule has 7 nitrogen and oxygen atoms in total. The summed E-state index contributed by atoms with van der Waals surface area (Å²) in [4.78, 5) is 24.5. The lowest BCUT2D eigenvalue weighted by molar-refractivity contribution is -0.138. The van der Waals surface area contributed by atoms with E-state index in [1.54, 1.807) is 15.8 Å². The second-order valence-electron chi connectivity index (χ2n) is 5.16. The van der Waals surface area contributed by atoms with E-state index in [9.17, 15) is 9.59 Å². The van der Waals surface area contributed by atoms with Crippen molar-refractivity contribution in [2.24, 2.45) is 13.0 Å². The molecule has 1 atom stereocenters. The normalized spacial score (nSPS) is 18.9. The highest BCUT2D eigenvalue weighted by molar-refractivity contribution is 5.74. The first-order chi connectivity index (χ1) is 9.56. The molecule has 0 radical (unpaired) electrons. The quantitative estimate of drug-likeness (QED) is 0.854. The summed E-state index contributed by atoms with van der Waals surface area (Å²) in [6, 6.07) is 1.71. The second-order valence-corrected chi connectivity index (χ2v) is 5.16. The summed E-state index contributed by atoms with van der Waals surface area (Å²) in [5.41, 5.74) is 0.928. The van der Waals surface area contributed by atoms with E-state index in [1.807, 2.05) is 13.1 Å². The molecule has 2 amide bonds. The van der Waals surface area contributed by atoms with Gasteiger partial charge in [-0.1, -0.05) is 0 Å². The number of carbonyl (C=O) groups is 2. The third-order valence-electron chi connectivity index (χ3n) is 3.61. The summed E-state index contributed by atoms with van der Waals surface area (Å²) < 4.78 is 1.71. The fourth-order valence-electron chi connectivity index (χ4n) is 2.52. The van der Waals surface area contributed by atoms with Gasteiger partial charge < -0.3 is 15.3 Å². The van der Waals surface area contributed by atoms with E-state index in [2.05, 4.69) is 10.4 Å². The van der Waals surface area contributed by atoms with Crippen LogP contribution < -0.4 is 5.32 Å². The Morgan fingerprint density at radius 1 is 1.55 bits per heavy atom. The van der Waals surface area contributed by atoms with E-state index in [0.717, 1.165) is 18.5 Å². The number of rotatable bonds is 4. The molecule has 1 unspecified atom stereocenters. The average Bonchev–Trinajstić information content (AvgIpc) is 2.81. The molecular weight excluding hydrogens is 260 g/mol. The first-order valence-electron chi connectivity index (χ1n) is 6.77. The van der Waals surface area contributed by atoms with Crippen molar-refractivity contribution in [2.45, 2.75) is 25.8 Å². The van der Waals surface area contributed by atoms with Crippen molar-refractivity contribution in [3.05, 3.63) is 18.0 Å². The zero-order valence-corrected chi connectivity index (χ0v) is 11.6. The van der Waals surface area contributed by atoms with E-state index in [1.165, 1.54) is 0 Å². The number of amides is 2. The topological polar surface area (TPSA) is 87.5 Å². The molecule has 1 fully saturated rings. The minimum absolute atomic E-state index is 0.0590. The number of carboxylic acid groups (broad SMARTS) is 1. The van der Waals surface area contributed by atoms with Gasteiger partial charge in [-0.15, -0.1) is 0 Å². The molecule has 2 N–H and O–H groups in total. The number of aryl methyl sites for hydroxylation is 1. The smallest absolute Gasteiger partial charge is 0.317 e. The monoisotopic (exact) mass is 280 g/mol. The van der Waals surface area contributed by atoms with Gasteiger partial charge >= 0.3 is 12.0 Å². The maximum atomic E-state index is 12.1. The van der Waals surface area contributed by atoms with Gasteiger partial charge in [-0.3, -0.25) is 9.48 Å². The number of hydrogen-bond acceptors (Lipinski definition) is 3. The molecule has 0 bridgehead atoms. The van der Waals surface area contributed by atoms with Crippen LogP contribution in [0.3, 0.4) is 0 Å². The third kappa shape index (κ3) is 3.72. The predicted molar refractivity (Wildman–Crippen MR) is 72.0 cm³/mol. The third-order valence-corrected chi connectivity index (χ3v) is 3.61. The van der Waals surface area contributed by atoms with Crippen LogP contribution in [0.1, 0.15) is 25.0 Å². The van der Waals surface area contributed by atoms with Crippen molar-refractivity contribution < 1.29 is 14.7 Å². The van der Waals surface area contributed by atoms with E-state index < -0.39 is 5.97 Å². The fraction of sp³-hybridized carbons (Fsp3) is 0.615. The number of carboxylic acids is 1. The van der Waals surface area contributed by atoms with Crippen LogP contribution >= 0.6 is 0 Å². The molecule has 1 saturated heterocycles. The summed E-state index contributed by atoms with van der Waals surface area (Å²) in [6.07, 6.45) is 3.55. The van der Waals surface area contributed by atoms with E-state index in [0.29, 0.717) is 19.6 Å². The first-order valence-corrected chi connectivity index (χ1v) is 6.77. The van der Waals surface area contributed by atoms with Crippen LogP contribution in [-0.2, 0) is 18.4 Å². The van der Waals surface area contributed by atoms with Crippen molar-refractivity contribution in [1.82, 2.24) is 20.0 Å². The van der Waals surface area contributed by atoms with Crippen LogP contribution in [-0.4, -0.2) is 44.9 Å². The summed E-state index contributed by atoms with van der Waals surface area (Å²) in [7, 11) is 1.82. The number of aromatic nitrogens is 2. The Hall–Kier alpha value is -2.05. The lowest BCUT2D eigenvalue weighted by atomic mass is 9.95. The second kappa shape index (κ2) is 6.40. The van der Waals surface area contributed by atoms with Gasteiger partial charge in [0.05, 0.1) is 12.2 Å². The Bertz CT molecular complexity index is 486. The summed E-state index contributed by atoms with van der Waals surface area (Å²) >= 11 is 0. The van der Waals surface area contributed by atoms with Crippen molar-refractivity contribution in [3.63, 3.8) is 0 Å². The SMILES string of the molecule is Cn1nccc1CNC(=O)N1CCCC(CC(=O)O)C1. The Morgan fingerprint density at radius 3 is 3.00 bits per heavy atom. The number of piperidine rings is 1. The molecule has 1 aromatic rings. The molecule has 0 saturated carbocycles. The molecule has 1 aromatic heterocycles. The number of likely N-dealkylation sites (tertiary alicyclic amines) is 1. The van der Waals surface area contributed by atoms with Gasteiger partial charge in [0.15, 0.2) is 0 Å². The first kappa shape index (κ1) is 14.4. The molecule has 1 aliphatic rings. The summed E-state index contributed by atoms with van der Waals surface area (Å²) in [5.74, 6) is -0.740. The van der Waals surface area contributed by atoms with Crippen LogP contribution in [0.4, 0.5) is 4.79 Å². The molecule has 20 heavy (non-hydrogen) atoms. The number of nitrogens with one attached hydrogen (secondary N) is 1. The lowest BCUT2D eigenvalue weighted by Gasteiger charge is -2.32. The fourth-order valence-corrected chi connectivity index (χ4v) is 2.52. The highest BCUT2D eigenvalue weighted by Crippen LogP contribution is 2.19. The van der Waals surface area contributed by atoms with Crippen LogP contribution in [0.5, 0.6) is 0 Å². The molecule has 1 aliphatic heterocycles. The van der Waals surface area contributed by atoms with Gasteiger partial charge in [0, 0.05) is 32.8 Å². The molecule has 2 heterocycles. The molecule has 2 rings (SSSR count). The number of aliphatic carboxylic acids is 1. The molecule has 110 valence electrons. The summed E-state index contributed by atoms with van der Waals surface area (Å²) in [5, 5.41) is 15.7. The minimum Gasteiger partial charge on any atom is -0.481 e. The van der Waals surface area contributed by atoms with Crippen molar-refractivity contribution in [1.29, 1.82) is 0 Å². The van der Waals surface area contributed by atoms with Crippen molar-refractivity contribution >= 4 is 12.0 Å². The standard InChI is InChI=1S/C13H20N4O3/c1-16-11(4-5-15-16)8-14-13(20)17-6-2-3-10(9-17)7-12(18)19/h4-5,10H,2-3,6-9H2,1H3,(H,14,20)(H,18,19). The van der Waals surface area contributed by atoms with E-state index >= 15 is 0 Å². The number of nitrogens with zero attached hydrogens (tertiary/aromatic N) is 3. The molecule has 0 aliphatic carbocycles. The zero-order chi connectivity index (χ0) is 14.5. The van der Waals surface area contributed by atoms with E-state index in [4.69, 9.17) is 5.11 Å². The average molecular weight is 280 g/mol. The lowest BCUT2D eigenvalue weighted by Crippen LogP contribution is -2.45. The van der Waals surface area contributed by atoms with Crippen molar-refractivity contribution in [3.8, 4) is 0 Å². The number of hydrogen-bond donors (Lipinski definition) is 2. The molecule has 0 aromatic carbocycles. The van der Waals surface area contributed by atoms with Gasteiger partial charge in [0.25, 0.3) is 0 Å². The molecule has 7 heteroatoms. The van der Waals surface area contributed by atoms with Gasteiger partial charge in [0.2, 0.25) is 0 Å². The maximum Gasteiger partial charge on any atom is 0.317 e. The number of carbonyl (C=O) groups excluding carboxylic acids is 1. The minimum atomic E-state index is -0.799. The maximum absolute atomic E-state index is 12.1. The zero-order valence-electron chi connectivity index (χ0n) is 11.6. The molecule has 0 spiro atoms. The highest BCUT2D eigenvalue weighted by atomic mass is 16.4. The Morgan fingerprint density at radius 2 is 2.35 bits per heavy atom. The predicted octanol–water partition coefficient (Wildman–Crippen LogP) is 0.816. The largest absolute Gasteiger partial charge is 0.481 e. The highest BCUT2D eigenvalue weighted by Gasteiger charge is 2.25. The Labute approximate surface area is 117 Å². The van der Waals surface area contributed by atoms with Crippen molar-refractivity contribution in [2.75, 3.05) is 13.1 Å². The van der Waals surface area contributed by atoms with Crippen LogP contribution in [0.15, 0.2) is 12.3 Å². The summed E-state index contributed by atoms with van der Waals surface area (Å²) in [6.45, 7) is 1.63. The van der Waals surface area contributed by atoms with E-state index in [-0.39, 0.29) is 18.4 Å². The van der Waals surface area contributed by atoms with Gasteiger partial charge in [0.1, 0.15) is 0 Å². The van der Waals surface area contributed by atoms with Gasteiger partial charge in [-0.25, -0.2) is 4.79 Å². The molecular formula is C13H20N4O3. The number of urea groups is 1. The van der Waals surface area contributed by atoms with Crippen LogP contribution in [0, 0.1) is 5.92 Å². The van der Waals surface area contributed by atoms with Crippen LogP contribution in [0.25, 0.3) is 0 Å².